The number of ether oxygens (including phenoxy) is 1. The van der Waals surface area contributed by atoms with Gasteiger partial charge in [0, 0.05) is 10.8 Å². The normalized spacial score (nSPS) is 12.1. The van der Waals surface area contributed by atoms with E-state index < -0.39 is 0 Å². The number of benzene rings is 2. The molecular weight excluding hydrogens is 300 g/mol. The molecule has 112 valence electrons. The highest BCUT2D eigenvalue weighted by Gasteiger charge is 2.09. The first-order valence-electron chi connectivity index (χ1n) is 7.18. The molecule has 2 rings (SSSR count). The van der Waals surface area contributed by atoms with Crippen LogP contribution in [0.3, 0.4) is 0 Å². The van der Waals surface area contributed by atoms with E-state index in [0.29, 0.717) is 11.8 Å². The Hall–Kier alpha value is -1.12. The minimum atomic E-state index is 0.509. The summed E-state index contributed by atoms with van der Waals surface area (Å²) in [4.78, 5) is 1.33. The summed E-state index contributed by atoms with van der Waals surface area (Å²) in [7, 11) is 1.70. The monoisotopic (exact) mass is 320 g/mol. The predicted molar refractivity (Wildman–Crippen MR) is 92.7 cm³/mol. The molecule has 1 nitrogen and oxygen atoms in total. The third kappa shape index (κ3) is 5.64. The van der Waals surface area contributed by atoms with Crippen LogP contribution in [0.25, 0.3) is 0 Å². The van der Waals surface area contributed by atoms with E-state index in [0.717, 1.165) is 24.3 Å². The van der Waals surface area contributed by atoms with Gasteiger partial charge in [0.1, 0.15) is 5.75 Å². The lowest BCUT2D eigenvalue weighted by molar-refractivity contribution is 0.413. The van der Waals surface area contributed by atoms with Crippen molar-refractivity contribution < 1.29 is 4.74 Å². The number of hydrogen-bond acceptors (Lipinski definition) is 2. The summed E-state index contributed by atoms with van der Waals surface area (Å²) in [5.74, 6) is 3.23. The second-order valence-corrected chi connectivity index (χ2v) is 6.50. The maximum Gasteiger partial charge on any atom is 0.119 e. The lowest BCUT2D eigenvalue weighted by Gasteiger charge is -2.14. The van der Waals surface area contributed by atoms with Crippen LogP contribution < -0.4 is 4.74 Å². The fraction of sp³-hybridized carbons (Fsp3) is 0.333. The lowest BCUT2D eigenvalue weighted by atomic mass is 9.98. The van der Waals surface area contributed by atoms with Gasteiger partial charge in [-0.05, 0) is 54.3 Å². The Kier molecular flexibility index (Phi) is 6.98. The first kappa shape index (κ1) is 16.3. The molecule has 0 aliphatic heterocycles. The van der Waals surface area contributed by atoms with Crippen molar-refractivity contribution >= 4 is 23.4 Å². The van der Waals surface area contributed by atoms with E-state index in [2.05, 4.69) is 42.5 Å². The lowest BCUT2D eigenvalue weighted by Crippen LogP contribution is -2.08. The van der Waals surface area contributed by atoms with Crippen LogP contribution in [0.15, 0.2) is 59.5 Å². The second kappa shape index (κ2) is 9.01. The highest BCUT2D eigenvalue weighted by Crippen LogP contribution is 2.23. The Bertz CT molecular complexity index is 530. The van der Waals surface area contributed by atoms with E-state index in [4.69, 9.17) is 16.3 Å². The molecule has 21 heavy (non-hydrogen) atoms. The van der Waals surface area contributed by atoms with Gasteiger partial charge in [-0.25, -0.2) is 0 Å². The fourth-order valence-corrected chi connectivity index (χ4v) is 3.53. The Morgan fingerprint density at radius 3 is 2.62 bits per heavy atom. The summed E-state index contributed by atoms with van der Waals surface area (Å²) in [6.45, 7) is 0. The Balaban J connectivity index is 1.82. The molecule has 0 fully saturated rings. The number of thioether (sulfide) groups is 1. The largest absolute Gasteiger partial charge is 0.497 e. The molecule has 2 aromatic rings. The fourth-order valence-electron chi connectivity index (χ4n) is 2.23. The molecule has 0 radical (unpaired) electrons. The van der Waals surface area contributed by atoms with Gasteiger partial charge in [0.25, 0.3) is 0 Å². The van der Waals surface area contributed by atoms with Gasteiger partial charge >= 0.3 is 0 Å². The van der Waals surface area contributed by atoms with Gasteiger partial charge in [0.2, 0.25) is 0 Å². The average molecular weight is 321 g/mol. The highest BCUT2D eigenvalue weighted by atomic mass is 35.5. The van der Waals surface area contributed by atoms with Crippen molar-refractivity contribution in [3.8, 4) is 5.75 Å². The summed E-state index contributed by atoms with van der Waals surface area (Å²) >= 11 is 8.03. The molecule has 0 aromatic heterocycles. The van der Waals surface area contributed by atoms with E-state index >= 15 is 0 Å². The summed E-state index contributed by atoms with van der Waals surface area (Å²) in [6, 6.07) is 18.8. The van der Waals surface area contributed by atoms with Crippen LogP contribution in [0, 0.1) is 5.92 Å². The molecule has 0 saturated heterocycles. The van der Waals surface area contributed by atoms with Crippen LogP contribution in [-0.4, -0.2) is 18.7 Å². The number of methoxy groups -OCH3 is 1. The topological polar surface area (TPSA) is 9.23 Å². The molecule has 0 aliphatic rings. The van der Waals surface area contributed by atoms with Gasteiger partial charge in [0.15, 0.2) is 0 Å². The van der Waals surface area contributed by atoms with Crippen molar-refractivity contribution in [1.29, 1.82) is 0 Å². The molecule has 0 bridgehead atoms. The molecule has 1 unspecified atom stereocenters. The van der Waals surface area contributed by atoms with Gasteiger partial charge in [-0.3, -0.25) is 0 Å². The zero-order valence-electron chi connectivity index (χ0n) is 12.3. The van der Waals surface area contributed by atoms with E-state index in [-0.39, 0.29) is 0 Å². The summed E-state index contributed by atoms with van der Waals surface area (Å²) in [5, 5.41) is 0. The molecule has 2 aromatic carbocycles. The zero-order chi connectivity index (χ0) is 14.9. The van der Waals surface area contributed by atoms with Crippen molar-refractivity contribution in [1.82, 2.24) is 0 Å². The minimum Gasteiger partial charge on any atom is -0.497 e. The number of alkyl halides is 1. The van der Waals surface area contributed by atoms with Crippen molar-refractivity contribution in [3.63, 3.8) is 0 Å². The SMILES string of the molecule is COc1cccc(CC(CCl)CCSc2ccccc2)c1. The Morgan fingerprint density at radius 2 is 1.90 bits per heavy atom. The first-order valence-corrected chi connectivity index (χ1v) is 8.70. The molecule has 1 atom stereocenters. The average Bonchev–Trinajstić information content (AvgIpc) is 2.55. The van der Waals surface area contributed by atoms with Gasteiger partial charge in [-0.15, -0.1) is 23.4 Å². The third-order valence-electron chi connectivity index (χ3n) is 3.41. The highest BCUT2D eigenvalue weighted by molar-refractivity contribution is 7.99. The molecule has 0 N–H and O–H groups in total. The number of hydrogen-bond donors (Lipinski definition) is 0. The first-order chi connectivity index (χ1) is 10.3. The number of rotatable bonds is 8. The Morgan fingerprint density at radius 1 is 1.10 bits per heavy atom. The zero-order valence-corrected chi connectivity index (χ0v) is 13.9. The van der Waals surface area contributed by atoms with E-state index in [9.17, 15) is 0 Å². The maximum absolute atomic E-state index is 6.13. The number of halogens is 1. The van der Waals surface area contributed by atoms with E-state index in [1.165, 1.54) is 10.5 Å². The second-order valence-electron chi connectivity index (χ2n) is 5.03. The van der Waals surface area contributed by atoms with Crippen LogP contribution in [0.2, 0.25) is 0 Å². The molecule has 0 heterocycles. The molecule has 0 spiro atoms. The molecule has 0 aliphatic carbocycles. The summed E-state index contributed by atoms with van der Waals surface area (Å²) in [6.07, 6.45) is 2.14. The van der Waals surface area contributed by atoms with Crippen molar-refractivity contribution in [2.24, 2.45) is 5.92 Å². The van der Waals surface area contributed by atoms with Crippen molar-refractivity contribution in [2.45, 2.75) is 17.7 Å². The van der Waals surface area contributed by atoms with Gasteiger partial charge < -0.3 is 4.74 Å². The molecular formula is C18H21ClOS. The predicted octanol–water partition coefficient (Wildman–Crippen LogP) is 5.28. The van der Waals surface area contributed by atoms with E-state index in [1.54, 1.807) is 7.11 Å². The molecule has 3 heteroatoms. The smallest absolute Gasteiger partial charge is 0.119 e. The summed E-state index contributed by atoms with van der Waals surface area (Å²) < 4.78 is 5.27. The standard InChI is InChI=1S/C18H21ClOS/c1-20-17-7-5-6-15(13-17)12-16(14-19)10-11-21-18-8-3-2-4-9-18/h2-9,13,16H,10-12,14H2,1H3. The van der Waals surface area contributed by atoms with E-state index in [1.807, 2.05) is 23.9 Å². The van der Waals surface area contributed by atoms with Crippen molar-refractivity contribution in [2.75, 3.05) is 18.7 Å². The van der Waals surface area contributed by atoms with Crippen LogP contribution in [-0.2, 0) is 6.42 Å². The molecule has 0 saturated carbocycles. The van der Waals surface area contributed by atoms with Gasteiger partial charge in [0.05, 0.1) is 7.11 Å². The Labute approximate surface area is 136 Å². The van der Waals surface area contributed by atoms with Gasteiger partial charge in [-0.2, -0.15) is 0 Å². The van der Waals surface area contributed by atoms with Crippen LogP contribution in [0.5, 0.6) is 5.75 Å². The van der Waals surface area contributed by atoms with Crippen molar-refractivity contribution in [3.05, 3.63) is 60.2 Å². The molecule has 0 amide bonds. The summed E-state index contributed by atoms with van der Waals surface area (Å²) in [5.41, 5.74) is 1.30. The third-order valence-corrected chi connectivity index (χ3v) is 4.90. The van der Waals surface area contributed by atoms with Crippen LogP contribution in [0.4, 0.5) is 0 Å². The quantitative estimate of drug-likeness (QED) is 0.483. The van der Waals surface area contributed by atoms with Gasteiger partial charge in [-0.1, -0.05) is 30.3 Å². The minimum absolute atomic E-state index is 0.509. The maximum atomic E-state index is 6.13. The van der Waals surface area contributed by atoms with Crippen LogP contribution >= 0.6 is 23.4 Å². The van der Waals surface area contributed by atoms with Crippen LogP contribution in [0.1, 0.15) is 12.0 Å².